The Balaban J connectivity index is 2.73. The summed E-state index contributed by atoms with van der Waals surface area (Å²) in [6, 6.07) is 1.90. The van der Waals surface area contributed by atoms with Gasteiger partial charge in [0.2, 0.25) is 5.91 Å². The van der Waals surface area contributed by atoms with Gasteiger partial charge in [0.25, 0.3) is 5.91 Å². The van der Waals surface area contributed by atoms with Crippen LogP contribution in [0.4, 0.5) is 17.6 Å². The van der Waals surface area contributed by atoms with E-state index in [1.165, 1.54) is 0 Å². The van der Waals surface area contributed by atoms with Gasteiger partial charge in [0.15, 0.2) is 0 Å². The highest BCUT2D eigenvalue weighted by molar-refractivity contribution is 5.96. The van der Waals surface area contributed by atoms with Crippen molar-refractivity contribution >= 4 is 11.8 Å². The van der Waals surface area contributed by atoms with Crippen molar-refractivity contribution in [2.75, 3.05) is 13.1 Å². The molecule has 8 heteroatoms. The Morgan fingerprint density at radius 1 is 1.19 bits per heavy atom. The number of benzene rings is 1. The monoisotopic (exact) mass is 306 g/mol. The lowest BCUT2D eigenvalue weighted by Crippen LogP contribution is -2.37. The summed E-state index contributed by atoms with van der Waals surface area (Å²) in [7, 11) is 0. The molecule has 0 aliphatic carbocycles. The zero-order chi connectivity index (χ0) is 16.0. The summed E-state index contributed by atoms with van der Waals surface area (Å²) in [6.45, 7) is 1.91. The van der Waals surface area contributed by atoms with Gasteiger partial charge < -0.3 is 10.6 Å². The molecule has 0 saturated heterocycles. The molecule has 4 nitrogen and oxygen atoms in total. The number of halogens is 4. The van der Waals surface area contributed by atoms with Crippen LogP contribution in [0.2, 0.25) is 0 Å². The van der Waals surface area contributed by atoms with Crippen LogP contribution in [0.25, 0.3) is 0 Å². The number of rotatable bonds is 5. The minimum absolute atomic E-state index is 0.364. The topological polar surface area (TPSA) is 58.2 Å². The molecule has 0 bridgehead atoms. The van der Waals surface area contributed by atoms with Gasteiger partial charge in [-0.05, 0) is 24.6 Å². The Hall–Kier alpha value is -2.12. The molecule has 0 fully saturated rings. The van der Waals surface area contributed by atoms with E-state index in [2.05, 4.69) is 10.6 Å². The molecule has 2 N–H and O–H groups in total. The molecule has 0 aliphatic rings. The Bertz CT molecular complexity index is 529. The second-order valence-corrected chi connectivity index (χ2v) is 4.23. The van der Waals surface area contributed by atoms with Gasteiger partial charge in [-0.3, -0.25) is 9.59 Å². The lowest BCUT2D eigenvalue weighted by Gasteiger charge is -2.10. The fraction of sp³-hybridized carbons (Fsp3) is 0.385. The second-order valence-electron chi connectivity index (χ2n) is 4.23. The van der Waals surface area contributed by atoms with Crippen LogP contribution in [0, 0.1) is 5.82 Å². The van der Waals surface area contributed by atoms with E-state index in [9.17, 15) is 27.2 Å². The minimum Gasteiger partial charge on any atom is -0.355 e. The van der Waals surface area contributed by atoms with Gasteiger partial charge in [0, 0.05) is 12.1 Å². The standard InChI is InChI=1S/C13H14F4N2O2/c1-2-5-18-11(20)7-19-12(21)8-3-4-10(14)9(6-8)13(15,16)17/h3-4,6H,2,5,7H2,1H3,(H,18,20)(H,19,21). The summed E-state index contributed by atoms with van der Waals surface area (Å²) in [5, 5.41) is 4.66. The largest absolute Gasteiger partial charge is 0.419 e. The molecule has 1 aromatic rings. The average Bonchev–Trinajstić information content (AvgIpc) is 2.41. The highest BCUT2D eigenvalue weighted by atomic mass is 19.4. The van der Waals surface area contributed by atoms with E-state index in [1.54, 1.807) is 0 Å². The zero-order valence-corrected chi connectivity index (χ0v) is 11.2. The number of carbonyl (C=O) groups is 2. The van der Waals surface area contributed by atoms with Gasteiger partial charge in [-0.15, -0.1) is 0 Å². The van der Waals surface area contributed by atoms with Crippen LogP contribution in [0.3, 0.4) is 0 Å². The lowest BCUT2D eigenvalue weighted by atomic mass is 10.1. The van der Waals surface area contributed by atoms with Crippen molar-refractivity contribution in [2.45, 2.75) is 19.5 Å². The molecule has 0 aromatic heterocycles. The molecule has 0 spiro atoms. The quantitative estimate of drug-likeness (QED) is 0.819. The van der Waals surface area contributed by atoms with E-state index in [1.807, 2.05) is 6.92 Å². The van der Waals surface area contributed by atoms with Crippen molar-refractivity contribution in [3.63, 3.8) is 0 Å². The summed E-state index contributed by atoms with van der Waals surface area (Å²) in [5.74, 6) is -2.80. The van der Waals surface area contributed by atoms with Crippen molar-refractivity contribution in [3.8, 4) is 0 Å². The molecule has 2 amide bonds. The van der Waals surface area contributed by atoms with Gasteiger partial charge in [-0.2, -0.15) is 13.2 Å². The maximum atomic E-state index is 13.1. The van der Waals surface area contributed by atoms with Gasteiger partial charge in [-0.25, -0.2) is 4.39 Å². The van der Waals surface area contributed by atoms with E-state index in [4.69, 9.17) is 0 Å². The normalized spacial score (nSPS) is 11.1. The SMILES string of the molecule is CCCNC(=O)CNC(=O)c1ccc(F)c(C(F)(F)F)c1. The Labute approximate surface area is 118 Å². The maximum absolute atomic E-state index is 13.1. The molecular formula is C13H14F4N2O2. The predicted octanol–water partition coefficient (Wildman–Crippen LogP) is 2.10. The van der Waals surface area contributed by atoms with Crippen molar-refractivity contribution in [1.82, 2.24) is 10.6 Å². The van der Waals surface area contributed by atoms with Crippen LogP contribution in [-0.2, 0) is 11.0 Å². The van der Waals surface area contributed by atoms with Gasteiger partial charge >= 0.3 is 6.18 Å². The summed E-state index contributed by atoms with van der Waals surface area (Å²) in [4.78, 5) is 22.9. The lowest BCUT2D eigenvalue weighted by molar-refractivity contribution is -0.140. The van der Waals surface area contributed by atoms with Gasteiger partial charge in [0.1, 0.15) is 5.82 Å². The fourth-order valence-electron chi connectivity index (χ4n) is 1.47. The first-order valence-corrected chi connectivity index (χ1v) is 6.17. The molecule has 1 aromatic carbocycles. The zero-order valence-electron chi connectivity index (χ0n) is 11.2. The molecule has 0 heterocycles. The molecule has 0 aliphatic heterocycles. The Kier molecular flexibility index (Phi) is 5.69. The number of carbonyl (C=O) groups excluding carboxylic acids is 2. The van der Waals surface area contributed by atoms with E-state index in [0.717, 1.165) is 6.07 Å². The van der Waals surface area contributed by atoms with Crippen LogP contribution < -0.4 is 10.6 Å². The van der Waals surface area contributed by atoms with Crippen molar-refractivity contribution in [1.29, 1.82) is 0 Å². The molecule has 0 unspecified atom stereocenters. The molecule has 0 saturated carbocycles. The van der Waals surface area contributed by atoms with Crippen molar-refractivity contribution in [2.24, 2.45) is 0 Å². The Morgan fingerprint density at radius 3 is 2.43 bits per heavy atom. The number of alkyl halides is 3. The second kappa shape index (κ2) is 7.05. The smallest absolute Gasteiger partial charge is 0.355 e. The third-order valence-electron chi connectivity index (χ3n) is 2.52. The minimum atomic E-state index is -4.89. The number of hydrogen-bond acceptors (Lipinski definition) is 2. The highest BCUT2D eigenvalue weighted by Gasteiger charge is 2.34. The third kappa shape index (κ3) is 5.05. The third-order valence-corrected chi connectivity index (χ3v) is 2.52. The maximum Gasteiger partial charge on any atom is 0.419 e. The summed E-state index contributed by atoms with van der Waals surface area (Å²) < 4.78 is 50.6. The Morgan fingerprint density at radius 2 is 1.86 bits per heavy atom. The fourth-order valence-corrected chi connectivity index (χ4v) is 1.47. The highest BCUT2D eigenvalue weighted by Crippen LogP contribution is 2.31. The van der Waals surface area contributed by atoms with E-state index in [-0.39, 0.29) is 12.1 Å². The molecule has 1 rings (SSSR count). The molecule has 116 valence electrons. The molecule has 21 heavy (non-hydrogen) atoms. The number of amides is 2. The predicted molar refractivity (Wildman–Crippen MR) is 67.0 cm³/mol. The van der Waals surface area contributed by atoms with E-state index < -0.39 is 29.4 Å². The first kappa shape index (κ1) is 16.9. The van der Waals surface area contributed by atoms with Crippen molar-refractivity contribution in [3.05, 3.63) is 35.1 Å². The molecule has 0 atom stereocenters. The van der Waals surface area contributed by atoms with Gasteiger partial charge in [-0.1, -0.05) is 6.92 Å². The van der Waals surface area contributed by atoms with E-state index in [0.29, 0.717) is 25.1 Å². The first-order valence-electron chi connectivity index (χ1n) is 6.17. The van der Waals surface area contributed by atoms with Crippen LogP contribution >= 0.6 is 0 Å². The molecule has 0 radical (unpaired) electrons. The van der Waals surface area contributed by atoms with Gasteiger partial charge in [0.05, 0.1) is 12.1 Å². The summed E-state index contributed by atoms with van der Waals surface area (Å²) >= 11 is 0. The van der Waals surface area contributed by atoms with Crippen LogP contribution in [0.5, 0.6) is 0 Å². The number of nitrogens with one attached hydrogen (secondary N) is 2. The van der Waals surface area contributed by atoms with E-state index >= 15 is 0 Å². The first-order chi connectivity index (χ1) is 9.75. The molecular weight excluding hydrogens is 292 g/mol. The summed E-state index contributed by atoms with van der Waals surface area (Å²) in [5.41, 5.74) is -1.89. The van der Waals surface area contributed by atoms with Crippen molar-refractivity contribution < 1.29 is 27.2 Å². The number of hydrogen-bond donors (Lipinski definition) is 2. The van der Waals surface area contributed by atoms with Crippen LogP contribution in [0.1, 0.15) is 29.3 Å². The van der Waals surface area contributed by atoms with Crippen LogP contribution in [0.15, 0.2) is 18.2 Å². The average molecular weight is 306 g/mol. The van der Waals surface area contributed by atoms with Crippen LogP contribution in [-0.4, -0.2) is 24.9 Å². The summed E-state index contributed by atoms with van der Waals surface area (Å²) in [6.07, 6.45) is -4.18.